The molecule has 0 radical (unpaired) electrons. The molecule has 23 heavy (non-hydrogen) atoms. The molecular weight excluding hydrogens is 288 g/mol. The summed E-state index contributed by atoms with van der Waals surface area (Å²) in [7, 11) is 0. The van der Waals surface area contributed by atoms with Crippen molar-refractivity contribution in [3.63, 3.8) is 0 Å². The molecule has 0 amide bonds. The topological polar surface area (TPSA) is 64.7 Å². The summed E-state index contributed by atoms with van der Waals surface area (Å²) < 4.78 is 0. The highest BCUT2D eigenvalue weighted by atomic mass is 16.7. The van der Waals surface area contributed by atoms with Crippen LogP contribution in [0.15, 0.2) is 65.8 Å². The largest absolute Gasteiger partial charge is 0.380 e. The molecule has 2 aromatic rings. The molecule has 0 bridgehead atoms. The van der Waals surface area contributed by atoms with Crippen LogP contribution >= 0.6 is 0 Å². The number of rotatable bonds is 5. The van der Waals surface area contributed by atoms with E-state index >= 15 is 0 Å². The van der Waals surface area contributed by atoms with Crippen molar-refractivity contribution in [2.75, 3.05) is 0 Å². The molecule has 118 valence electrons. The van der Waals surface area contributed by atoms with E-state index in [2.05, 4.69) is 19.0 Å². The maximum absolute atomic E-state index is 11.7. The van der Waals surface area contributed by atoms with Crippen LogP contribution in [0.3, 0.4) is 0 Å². The van der Waals surface area contributed by atoms with Crippen molar-refractivity contribution in [1.29, 1.82) is 0 Å². The summed E-state index contributed by atoms with van der Waals surface area (Å²) in [6.45, 7) is 4.27. The van der Waals surface area contributed by atoms with Crippen molar-refractivity contribution in [1.82, 2.24) is 0 Å². The first kappa shape index (κ1) is 16.5. The van der Waals surface area contributed by atoms with Gasteiger partial charge in [-0.05, 0) is 23.1 Å². The number of nitrogens with two attached hydrogens (primary N) is 1. The van der Waals surface area contributed by atoms with Gasteiger partial charge >= 0.3 is 5.97 Å². The lowest BCUT2D eigenvalue weighted by atomic mass is 10.0. The number of carbonyl (C=O) groups is 1. The fourth-order valence-corrected chi connectivity index (χ4v) is 1.94. The fraction of sp³-hybridized carbons (Fsp3) is 0.158. The molecule has 0 unspecified atom stereocenters. The van der Waals surface area contributed by atoms with Crippen LogP contribution in [0.25, 0.3) is 6.08 Å². The maximum atomic E-state index is 11.7. The van der Waals surface area contributed by atoms with E-state index in [1.54, 1.807) is 18.2 Å². The molecule has 2 rings (SSSR count). The number of nitrogens with zero attached hydrogens (tertiary/aromatic N) is 1. The predicted molar refractivity (Wildman–Crippen MR) is 92.8 cm³/mol. The quantitative estimate of drug-likeness (QED) is 0.301. The molecule has 0 aliphatic rings. The normalized spacial score (nSPS) is 11.9. The van der Waals surface area contributed by atoms with E-state index in [0.717, 1.165) is 5.56 Å². The summed E-state index contributed by atoms with van der Waals surface area (Å²) >= 11 is 0. The fourth-order valence-electron chi connectivity index (χ4n) is 1.94. The Bertz CT molecular complexity index is 702. The second kappa shape index (κ2) is 7.94. The standard InChI is InChI=1S/C19H20N2O2/c1-14(2)16-11-8-15(9-12-16)10-13-18(22)23-21-19(20)17-6-4-3-5-7-17/h3-14H,1-2H3,(H2,20,21)/b13-10-. The zero-order valence-electron chi connectivity index (χ0n) is 13.3. The second-order valence-corrected chi connectivity index (χ2v) is 5.41. The van der Waals surface area contributed by atoms with Crippen molar-refractivity contribution < 1.29 is 9.63 Å². The maximum Gasteiger partial charge on any atom is 0.358 e. The van der Waals surface area contributed by atoms with Gasteiger partial charge in [-0.25, -0.2) is 4.79 Å². The average molecular weight is 308 g/mol. The van der Waals surface area contributed by atoms with Crippen LogP contribution in [0.5, 0.6) is 0 Å². The molecule has 0 atom stereocenters. The average Bonchev–Trinajstić information content (AvgIpc) is 2.59. The molecule has 0 spiro atoms. The zero-order chi connectivity index (χ0) is 16.7. The van der Waals surface area contributed by atoms with Gasteiger partial charge in [0.2, 0.25) is 0 Å². The van der Waals surface area contributed by atoms with Crippen LogP contribution in [0.1, 0.15) is 36.5 Å². The van der Waals surface area contributed by atoms with Crippen LogP contribution in [-0.2, 0) is 9.63 Å². The van der Waals surface area contributed by atoms with Crippen molar-refractivity contribution >= 4 is 17.9 Å². The monoisotopic (exact) mass is 308 g/mol. The minimum atomic E-state index is -0.572. The highest BCUT2D eigenvalue weighted by Crippen LogP contribution is 2.15. The van der Waals surface area contributed by atoms with Crippen molar-refractivity contribution in [2.45, 2.75) is 19.8 Å². The number of hydrogen-bond acceptors (Lipinski definition) is 3. The van der Waals surface area contributed by atoms with Crippen LogP contribution in [-0.4, -0.2) is 11.8 Å². The molecule has 0 aliphatic heterocycles. The molecule has 0 fully saturated rings. The van der Waals surface area contributed by atoms with Crippen LogP contribution in [0, 0.1) is 0 Å². The van der Waals surface area contributed by atoms with E-state index in [1.807, 2.05) is 42.5 Å². The third-order valence-corrected chi connectivity index (χ3v) is 3.32. The van der Waals surface area contributed by atoms with Crippen LogP contribution in [0.4, 0.5) is 0 Å². The third kappa shape index (κ3) is 5.11. The first-order chi connectivity index (χ1) is 11.1. The summed E-state index contributed by atoms with van der Waals surface area (Å²) in [5, 5.41) is 3.64. The van der Waals surface area contributed by atoms with E-state index in [0.29, 0.717) is 11.5 Å². The van der Waals surface area contributed by atoms with Gasteiger partial charge in [0, 0.05) is 11.6 Å². The first-order valence-corrected chi connectivity index (χ1v) is 7.44. The molecule has 4 heteroatoms. The molecule has 0 heterocycles. The lowest BCUT2D eigenvalue weighted by Crippen LogP contribution is -2.14. The summed E-state index contributed by atoms with van der Waals surface area (Å²) in [5.74, 6) is 0.0683. The summed E-state index contributed by atoms with van der Waals surface area (Å²) in [4.78, 5) is 16.4. The van der Waals surface area contributed by atoms with Crippen LogP contribution in [0.2, 0.25) is 0 Å². The number of oxime groups is 1. The SMILES string of the molecule is CC(C)c1ccc(/C=C\C(=O)O/N=C(\N)c2ccccc2)cc1. The van der Waals surface area contributed by atoms with E-state index in [1.165, 1.54) is 11.6 Å². The van der Waals surface area contributed by atoms with Gasteiger partial charge in [-0.2, -0.15) is 0 Å². The molecule has 0 aliphatic carbocycles. The van der Waals surface area contributed by atoms with Gasteiger partial charge < -0.3 is 10.6 Å². The minimum absolute atomic E-state index is 0.161. The van der Waals surface area contributed by atoms with E-state index < -0.39 is 5.97 Å². The van der Waals surface area contributed by atoms with E-state index in [9.17, 15) is 4.79 Å². The minimum Gasteiger partial charge on any atom is -0.380 e. The van der Waals surface area contributed by atoms with Crippen molar-refractivity contribution in [3.8, 4) is 0 Å². The molecule has 4 nitrogen and oxygen atoms in total. The Kier molecular flexibility index (Phi) is 5.69. The highest BCUT2D eigenvalue weighted by molar-refractivity contribution is 5.97. The molecule has 2 N–H and O–H groups in total. The second-order valence-electron chi connectivity index (χ2n) is 5.41. The molecule has 0 saturated carbocycles. The third-order valence-electron chi connectivity index (χ3n) is 3.32. The van der Waals surface area contributed by atoms with Gasteiger partial charge in [-0.15, -0.1) is 0 Å². The number of hydrogen-bond donors (Lipinski definition) is 1. The zero-order valence-corrected chi connectivity index (χ0v) is 13.3. The van der Waals surface area contributed by atoms with Gasteiger partial charge in [0.25, 0.3) is 0 Å². The Balaban J connectivity index is 1.94. The predicted octanol–water partition coefficient (Wildman–Crippen LogP) is 3.69. The molecular formula is C19H20N2O2. The van der Waals surface area contributed by atoms with Crippen molar-refractivity contribution in [2.24, 2.45) is 10.9 Å². The van der Waals surface area contributed by atoms with Crippen LogP contribution < -0.4 is 5.73 Å². The van der Waals surface area contributed by atoms with Gasteiger partial charge in [0.15, 0.2) is 5.84 Å². The number of benzene rings is 2. The lowest BCUT2D eigenvalue weighted by molar-refractivity contribution is -0.137. The Morgan fingerprint density at radius 1 is 1.09 bits per heavy atom. The number of amidine groups is 1. The summed E-state index contributed by atoms with van der Waals surface area (Å²) in [5.41, 5.74) is 8.62. The lowest BCUT2D eigenvalue weighted by Gasteiger charge is -2.04. The summed E-state index contributed by atoms with van der Waals surface area (Å²) in [6, 6.07) is 17.1. The Morgan fingerprint density at radius 2 is 1.74 bits per heavy atom. The van der Waals surface area contributed by atoms with Gasteiger partial charge in [0.1, 0.15) is 0 Å². The molecule has 0 saturated heterocycles. The van der Waals surface area contributed by atoms with E-state index in [4.69, 9.17) is 10.6 Å². The molecule has 0 aromatic heterocycles. The number of carbonyl (C=O) groups excluding carboxylic acids is 1. The molecule has 2 aromatic carbocycles. The van der Waals surface area contributed by atoms with Gasteiger partial charge in [0.05, 0.1) is 0 Å². The Morgan fingerprint density at radius 3 is 2.35 bits per heavy atom. The van der Waals surface area contributed by atoms with Crippen molar-refractivity contribution in [3.05, 3.63) is 77.4 Å². The van der Waals surface area contributed by atoms with E-state index in [-0.39, 0.29) is 5.84 Å². The Labute approximate surface area is 136 Å². The Hall–Kier alpha value is -2.88. The van der Waals surface area contributed by atoms with Gasteiger partial charge in [-0.3, -0.25) is 0 Å². The first-order valence-electron chi connectivity index (χ1n) is 7.44. The highest BCUT2D eigenvalue weighted by Gasteiger charge is 2.01. The van der Waals surface area contributed by atoms with Gasteiger partial charge in [-0.1, -0.05) is 73.6 Å². The smallest absolute Gasteiger partial charge is 0.358 e. The summed E-state index contributed by atoms with van der Waals surface area (Å²) in [6.07, 6.45) is 3.01.